The number of nitrogens with one attached hydrogen (secondary N) is 1. The van der Waals surface area contributed by atoms with Gasteiger partial charge in [0.05, 0.1) is 19.8 Å². The summed E-state index contributed by atoms with van der Waals surface area (Å²) in [7, 11) is 1.62. The summed E-state index contributed by atoms with van der Waals surface area (Å²) in [5.74, 6) is 1.87. The number of hydrogen-bond donors (Lipinski definition) is 1. The third-order valence-electron chi connectivity index (χ3n) is 3.24. The summed E-state index contributed by atoms with van der Waals surface area (Å²) < 4.78 is 10.9. The van der Waals surface area contributed by atoms with E-state index in [0.29, 0.717) is 13.0 Å². The third-order valence-corrected chi connectivity index (χ3v) is 3.24. The highest BCUT2D eigenvalue weighted by Gasteiger charge is 2.39. The maximum absolute atomic E-state index is 11.4. The number of carbonyl (C=O) groups is 1. The van der Waals surface area contributed by atoms with Crippen molar-refractivity contribution in [3.05, 3.63) is 23.8 Å². The Hall–Kier alpha value is -1.71. The predicted molar refractivity (Wildman–Crippen MR) is 57.5 cm³/mol. The molecule has 2 heterocycles. The van der Waals surface area contributed by atoms with Crippen molar-refractivity contribution in [2.24, 2.45) is 5.92 Å². The molecule has 1 aromatic carbocycles. The van der Waals surface area contributed by atoms with Gasteiger partial charge >= 0.3 is 0 Å². The second kappa shape index (κ2) is 3.40. The summed E-state index contributed by atoms with van der Waals surface area (Å²) in [4.78, 5) is 11.4. The fourth-order valence-corrected chi connectivity index (χ4v) is 2.48. The topological polar surface area (TPSA) is 47.6 Å². The van der Waals surface area contributed by atoms with E-state index in [2.05, 4.69) is 5.32 Å². The Balaban J connectivity index is 2.06. The molecule has 0 unspecified atom stereocenters. The Morgan fingerprint density at radius 3 is 3.19 bits per heavy atom. The molecule has 0 spiro atoms. The van der Waals surface area contributed by atoms with Crippen LogP contribution in [0.25, 0.3) is 0 Å². The van der Waals surface area contributed by atoms with Crippen molar-refractivity contribution in [3.8, 4) is 11.5 Å². The third kappa shape index (κ3) is 1.26. The molecule has 1 N–H and O–H groups in total. The first kappa shape index (κ1) is 9.51. The van der Waals surface area contributed by atoms with E-state index in [1.54, 1.807) is 7.11 Å². The molecule has 4 heteroatoms. The number of para-hydroxylation sites is 1. The monoisotopic (exact) mass is 219 g/mol. The molecule has 0 radical (unpaired) electrons. The van der Waals surface area contributed by atoms with E-state index in [1.807, 2.05) is 18.2 Å². The van der Waals surface area contributed by atoms with Crippen molar-refractivity contribution >= 4 is 5.91 Å². The maximum atomic E-state index is 11.4. The quantitative estimate of drug-likeness (QED) is 0.773. The highest BCUT2D eigenvalue weighted by Crippen LogP contribution is 2.44. The molecule has 1 aromatic rings. The van der Waals surface area contributed by atoms with Crippen molar-refractivity contribution in [2.75, 3.05) is 13.7 Å². The van der Waals surface area contributed by atoms with Crippen LogP contribution >= 0.6 is 0 Å². The molecular weight excluding hydrogens is 206 g/mol. The predicted octanol–water partition coefficient (Wildman–Crippen LogP) is 1.26. The lowest BCUT2D eigenvalue weighted by Crippen LogP contribution is -2.28. The zero-order valence-electron chi connectivity index (χ0n) is 9.03. The van der Waals surface area contributed by atoms with E-state index in [4.69, 9.17) is 9.47 Å². The Bertz CT molecular complexity index is 444. The molecule has 2 aliphatic rings. The van der Waals surface area contributed by atoms with Crippen molar-refractivity contribution in [3.63, 3.8) is 0 Å². The average molecular weight is 219 g/mol. The van der Waals surface area contributed by atoms with Gasteiger partial charge in [-0.1, -0.05) is 12.1 Å². The first-order chi connectivity index (χ1) is 7.79. The number of ether oxygens (including phenoxy) is 2. The second-order valence-corrected chi connectivity index (χ2v) is 4.20. The van der Waals surface area contributed by atoms with Crippen molar-refractivity contribution < 1.29 is 14.3 Å². The minimum absolute atomic E-state index is 0.0892. The molecule has 0 bridgehead atoms. The van der Waals surface area contributed by atoms with Gasteiger partial charge in [-0.3, -0.25) is 4.79 Å². The number of fused-ring (bicyclic) bond motifs is 3. The van der Waals surface area contributed by atoms with E-state index >= 15 is 0 Å². The van der Waals surface area contributed by atoms with E-state index in [0.717, 1.165) is 17.1 Å². The SMILES string of the molecule is COc1cccc2c1OC[C@H]1CC(=O)N[C@H]21. The number of carbonyl (C=O) groups excluding carboxylic acids is 1. The van der Waals surface area contributed by atoms with Gasteiger partial charge in [-0.15, -0.1) is 0 Å². The maximum Gasteiger partial charge on any atom is 0.220 e. The summed E-state index contributed by atoms with van der Waals surface area (Å²) in [6, 6.07) is 5.87. The molecule has 84 valence electrons. The second-order valence-electron chi connectivity index (χ2n) is 4.20. The Labute approximate surface area is 93.5 Å². The van der Waals surface area contributed by atoms with E-state index in [-0.39, 0.29) is 17.9 Å². The first-order valence-corrected chi connectivity index (χ1v) is 5.38. The summed E-state index contributed by atoms with van der Waals surface area (Å²) in [6.07, 6.45) is 0.557. The summed E-state index contributed by atoms with van der Waals surface area (Å²) in [5.41, 5.74) is 1.03. The molecular formula is C12H13NO3. The Morgan fingerprint density at radius 2 is 2.38 bits per heavy atom. The summed E-state index contributed by atoms with van der Waals surface area (Å²) in [6.45, 7) is 0.580. The van der Waals surface area contributed by atoms with Gasteiger partial charge < -0.3 is 14.8 Å². The Kier molecular flexibility index (Phi) is 2.02. The highest BCUT2D eigenvalue weighted by molar-refractivity contribution is 5.80. The lowest BCUT2D eigenvalue weighted by atomic mass is 9.92. The molecule has 3 rings (SSSR count). The van der Waals surface area contributed by atoms with Gasteiger partial charge in [-0.2, -0.15) is 0 Å². The normalized spacial score (nSPS) is 26.4. The van der Waals surface area contributed by atoms with Crippen LogP contribution in [0.15, 0.2) is 18.2 Å². The van der Waals surface area contributed by atoms with Crippen LogP contribution in [-0.4, -0.2) is 19.6 Å². The molecule has 1 amide bonds. The van der Waals surface area contributed by atoms with Crippen LogP contribution in [0.4, 0.5) is 0 Å². The highest BCUT2D eigenvalue weighted by atomic mass is 16.5. The van der Waals surface area contributed by atoms with Crippen LogP contribution in [0.1, 0.15) is 18.0 Å². The number of methoxy groups -OCH3 is 1. The smallest absolute Gasteiger partial charge is 0.220 e. The van der Waals surface area contributed by atoms with E-state index < -0.39 is 0 Å². The van der Waals surface area contributed by atoms with E-state index in [9.17, 15) is 4.79 Å². The zero-order chi connectivity index (χ0) is 11.1. The molecule has 1 saturated heterocycles. The van der Waals surface area contributed by atoms with Crippen LogP contribution in [0.2, 0.25) is 0 Å². The fourth-order valence-electron chi connectivity index (χ4n) is 2.48. The molecule has 2 atom stereocenters. The molecule has 0 aliphatic carbocycles. The summed E-state index contributed by atoms with van der Waals surface area (Å²) >= 11 is 0. The minimum atomic E-state index is 0.0892. The van der Waals surface area contributed by atoms with Crippen LogP contribution in [-0.2, 0) is 4.79 Å². The minimum Gasteiger partial charge on any atom is -0.493 e. The average Bonchev–Trinajstić information content (AvgIpc) is 2.69. The number of hydrogen-bond acceptors (Lipinski definition) is 3. The van der Waals surface area contributed by atoms with Crippen molar-refractivity contribution in [1.82, 2.24) is 5.32 Å². The number of amides is 1. The molecule has 4 nitrogen and oxygen atoms in total. The standard InChI is InChI=1S/C12H13NO3/c1-15-9-4-2-3-8-11-7(5-10(14)13-11)6-16-12(8)9/h2-4,7,11H,5-6H2,1H3,(H,13,14)/t7-,11+/m1/s1. The lowest BCUT2D eigenvalue weighted by molar-refractivity contribution is -0.119. The van der Waals surface area contributed by atoms with Gasteiger partial charge in [0.15, 0.2) is 11.5 Å². The van der Waals surface area contributed by atoms with Gasteiger partial charge in [-0.25, -0.2) is 0 Å². The Morgan fingerprint density at radius 1 is 1.50 bits per heavy atom. The van der Waals surface area contributed by atoms with E-state index in [1.165, 1.54) is 0 Å². The summed E-state index contributed by atoms with van der Waals surface area (Å²) in [5, 5.41) is 2.99. The lowest BCUT2D eigenvalue weighted by Gasteiger charge is -2.28. The van der Waals surface area contributed by atoms with Crippen molar-refractivity contribution in [2.45, 2.75) is 12.5 Å². The van der Waals surface area contributed by atoms with Gasteiger partial charge in [0, 0.05) is 17.9 Å². The molecule has 2 aliphatic heterocycles. The largest absolute Gasteiger partial charge is 0.493 e. The molecule has 1 fully saturated rings. The van der Waals surface area contributed by atoms with Gasteiger partial charge in [0.25, 0.3) is 0 Å². The molecule has 16 heavy (non-hydrogen) atoms. The molecule has 0 aromatic heterocycles. The van der Waals surface area contributed by atoms with Crippen LogP contribution < -0.4 is 14.8 Å². The van der Waals surface area contributed by atoms with Crippen molar-refractivity contribution in [1.29, 1.82) is 0 Å². The fraction of sp³-hybridized carbons (Fsp3) is 0.417. The van der Waals surface area contributed by atoms with Gasteiger partial charge in [0.2, 0.25) is 5.91 Å². The molecule has 0 saturated carbocycles. The number of rotatable bonds is 1. The van der Waals surface area contributed by atoms with Gasteiger partial charge in [0.1, 0.15) is 0 Å². The number of benzene rings is 1. The van der Waals surface area contributed by atoms with Crippen LogP contribution in [0.5, 0.6) is 11.5 Å². The van der Waals surface area contributed by atoms with Crippen LogP contribution in [0.3, 0.4) is 0 Å². The zero-order valence-corrected chi connectivity index (χ0v) is 9.03. The van der Waals surface area contributed by atoms with Crippen LogP contribution in [0, 0.1) is 5.92 Å². The first-order valence-electron chi connectivity index (χ1n) is 5.38. The van der Waals surface area contributed by atoms with Gasteiger partial charge in [-0.05, 0) is 6.07 Å².